The Kier molecular flexibility index (Phi) is 6.96. The molecule has 0 radical (unpaired) electrons. The molecule has 0 saturated heterocycles. The van der Waals surface area contributed by atoms with Crippen molar-refractivity contribution in [2.45, 2.75) is 64.6 Å². The molecule has 2 atom stereocenters. The number of hydrogen-bond acceptors (Lipinski definition) is 4. The van der Waals surface area contributed by atoms with E-state index in [0.717, 1.165) is 16.5 Å². The van der Waals surface area contributed by atoms with Crippen LogP contribution in [0.1, 0.15) is 44.4 Å². The Balaban J connectivity index is 1.43. The van der Waals surface area contributed by atoms with Crippen LogP contribution in [0.2, 0.25) is 0 Å². The summed E-state index contributed by atoms with van der Waals surface area (Å²) in [7, 11) is 0. The van der Waals surface area contributed by atoms with Gasteiger partial charge < -0.3 is 20.4 Å². The zero-order valence-corrected chi connectivity index (χ0v) is 20.7. The van der Waals surface area contributed by atoms with Crippen LogP contribution in [0.4, 0.5) is 0 Å². The van der Waals surface area contributed by atoms with Crippen LogP contribution < -0.4 is 10.6 Å². The van der Waals surface area contributed by atoms with E-state index in [1.807, 2.05) is 54.7 Å². The lowest BCUT2D eigenvalue weighted by Gasteiger charge is -2.26. The summed E-state index contributed by atoms with van der Waals surface area (Å²) >= 11 is 0. The van der Waals surface area contributed by atoms with Crippen molar-refractivity contribution in [1.82, 2.24) is 15.6 Å². The summed E-state index contributed by atoms with van der Waals surface area (Å²) in [5.41, 5.74) is 3.51. The van der Waals surface area contributed by atoms with Crippen LogP contribution in [-0.2, 0) is 38.4 Å². The summed E-state index contributed by atoms with van der Waals surface area (Å²) in [6.07, 6.45) is 3.44. The number of hydrogen-bond donors (Lipinski definition) is 3. The molecule has 4 rings (SSSR count). The molecule has 0 aliphatic heterocycles. The Hall–Kier alpha value is -3.61. The largest absolute Gasteiger partial charge is 0.458 e. The van der Waals surface area contributed by atoms with Crippen LogP contribution in [-0.4, -0.2) is 40.5 Å². The Labute approximate surface area is 205 Å². The monoisotopic (exact) mass is 475 g/mol. The molecule has 0 fully saturated rings. The predicted molar refractivity (Wildman–Crippen MR) is 135 cm³/mol. The van der Waals surface area contributed by atoms with Crippen LogP contribution in [0.15, 0.2) is 54.7 Å². The first kappa shape index (κ1) is 24.5. The van der Waals surface area contributed by atoms with E-state index in [1.165, 1.54) is 11.1 Å². The summed E-state index contributed by atoms with van der Waals surface area (Å²) in [4.78, 5) is 42.1. The van der Waals surface area contributed by atoms with Gasteiger partial charge in [-0.3, -0.25) is 9.59 Å². The van der Waals surface area contributed by atoms with Gasteiger partial charge in [-0.2, -0.15) is 0 Å². The molecule has 3 N–H and O–H groups in total. The van der Waals surface area contributed by atoms with Crippen molar-refractivity contribution in [2.75, 3.05) is 0 Å². The van der Waals surface area contributed by atoms with Crippen molar-refractivity contribution >= 4 is 28.7 Å². The fraction of sp³-hybridized carbons (Fsp3) is 0.393. The Morgan fingerprint density at radius 1 is 1.00 bits per heavy atom. The van der Waals surface area contributed by atoms with Gasteiger partial charge in [0.25, 0.3) is 0 Å². The number of fused-ring (bicyclic) bond motifs is 2. The van der Waals surface area contributed by atoms with E-state index < -0.39 is 29.6 Å². The second-order valence-electron chi connectivity index (χ2n) is 10.3. The molecule has 0 spiro atoms. The average Bonchev–Trinajstić information content (AvgIpc) is 3.42. The number of H-pyrrole nitrogens is 1. The molecule has 184 valence electrons. The van der Waals surface area contributed by atoms with Gasteiger partial charge in [-0.1, -0.05) is 42.5 Å². The maximum atomic E-state index is 13.0. The average molecular weight is 476 g/mol. The zero-order valence-electron chi connectivity index (χ0n) is 20.7. The molecule has 0 saturated carbocycles. The molecule has 2 aromatic carbocycles. The summed E-state index contributed by atoms with van der Waals surface area (Å²) in [5.74, 6) is -1.30. The standard InChI is InChI=1S/C28H33N3O4/c1-17(30-26(33)20-13-18-9-5-6-10-19(18)14-20)25(32)31-24(27(34)35-28(2,3)4)15-21-16-29-23-12-8-7-11-22(21)23/h5-12,16-17,20,24,29H,13-15H2,1-4H3,(H,30,33)(H,31,32)/t17-,24-/m0/s1. The Bertz CT molecular complexity index is 1220. The maximum absolute atomic E-state index is 13.0. The molecule has 1 aliphatic rings. The normalized spacial score (nSPS) is 15.3. The van der Waals surface area contributed by atoms with E-state index in [1.54, 1.807) is 27.7 Å². The predicted octanol–water partition coefficient (Wildman–Crippen LogP) is 3.46. The lowest BCUT2D eigenvalue weighted by molar-refractivity contribution is -0.158. The zero-order chi connectivity index (χ0) is 25.2. The van der Waals surface area contributed by atoms with Gasteiger partial charge in [-0.15, -0.1) is 0 Å². The highest BCUT2D eigenvalue weighted by Crippen LogP contribution is 2.26. The minimum atomic E-state index is -0.893. The fourth-order valence-electron chi connectivity index (χ4n) is 4.52. The molecule has 35 heavy (non-hydrogen) atoms. The van der Waals surface area contributed by atoms with Crippen LogP contribution in [0.5, 0.6) is 0 Å². The summed E-state index contributed by atoms with van der Waals surface area (Å²) < 4.78 is 5.59. The van der Waals surface area contributed by atoms with Crippen molar-refractivity contribution in [1.29, 1.82) is 0 Å². The first-order valence-electron chi connectivity index (χ1n) is 12.1. The fourth-order valence-corrected chi connectivity index (χ4v) is 4.52. The quantitative estimate of drug-likeness (QED) is 0.456. The minimum Gasteiger partial charge on any atom is -0.458 e. The second-order valence-corrected chi connectivity index (χ2v) is 10.3. The number of esters is 1. The molecule has 0 unspecified atom stereocenters. The first-order valence-corrected chi connectivity index (χ1v) is 12.1. The van der Waals surface area contributed by atoms with Crippen molar-refractivity contribution in [3.63, 3.8) is 0 Å². The van der Waals surface area contributed by atoms with Crippen LogP contribution in [0.25, 0.3) is 10.9 Å². The second kappa shape index (κ2) is 9.94. The lowest BCUT2D eigenvalue weighted by Crippen LogP contribution is -2.53. The van der Waals surface area contributed by atoms with Gasteiger partial charge in [-0.25, -0.2) is 4.79 Å². The molecule has 7 nitrogen and oxygen atoms in total. The van der Waals surface area contributed by atoms with E-state index in [4.69, 9.17) is 4.74 Å². The first-order chi connectivity index (χ1) is 16.6. The van der Waals surface area contributed by atoms with E-state index in [0.29, 0.717) is 12.8 Å². The van der Waals surface area contributed by atoms with Crippen LogP contribution >= 0.6 is 0 Å². The van der Waals surface area contributed by atoms with Crippen molar-refractivity contribution in [3.8, 4) is 0 Å². The third-order valence-corrected chi connectivity index (χ3v) is 6.28. The third kappa shape index (κ3) is 5.91. The number of amides is 2. The molecule has 1 aromatic heterocycles. The summed E-state index contributed by atoms with van der Waals surface area (Å²) in [6.45, 7) is 7.00. The molecular weight excluding hydrogens is 442 g/mol. The van der Waals surface area contributed by atoms with Gasteiger partial charge in [-0.05, 0) is 63.3 Å². The van der Waals surface area contributed by atoms with E-state index in [2.05, 4.69) is 15.6 Å². The van der Waals surface area contributed by atoms with Crippen molar-refractivity contribution < 1.29 is 19.1 Å². The third-order valence-electron chi connectivity index (χ3n) is 6.28. The molecule has 3 aromatic rings. The Morgan fingerprint density at radius 2 is 1.63 bits per heavy atom. The number of ether oxygens (including phenoxy) is 1. The number of carbonyl (C=O) groups excluding carboxylic acids is 3. The van der Waals surface area contributed by atoms with E-state index in [9.17, 15) is 14.4 Å². The number of aromatic amines is 1. The van der Waals surface area contributed by atoms with Crippen LogP contribution in [0, 0.1) is 5.92 Å². The molecular formula is C28H33N3O4. The maximum Gasteiger partial charge on any atom is 0.329 e. The van der Waals surface area contributed by atoms with Gasteiger partial charge in [0.2, 0.25) is 11.8 Å². The van der Waals surface area contributed by atoms with Crippen molar-refractivity contribution in [3.05, 3.63) is 71.4 Å². The smallest absolute Gasteiger partial charge is 0.329 e. The number of aromatic nitrogens is 1. The number of benzene rings is 2. The number of para-hydroxylation sites is 1. The molecule has 1 heterocycles. The van der Waals surface area contributed by atoms with E-state index in [-0.39, 0.29) is 18.2 Å². The summed E-state index contributed by atoms with van der Waals surface area (Å²) in [5, 5.41) is 6.63. The minimum absolute atomic E-state index is 0.158. The molecule has 7 heteroatoms. The molecule has 1 aliphatic carbocycles. The topological polar surface area (TPSA) is 100 Å². The number of carbonyl (C=O) groups is 3. The Morgan fingerprint density at radius 3 is 2.29 bits per heavy atom. The molecule has 0 bridgehead atoms. The van der Waals surface area contributed by atoms with Gasteiger partial charge >= 0.3 is 5.97 Å². The van der Waals surface area contributed by atoms with Gasteiger partial charge in [0, 0.05) is 29.4 Å². The van der Waals surface area contributed by atoms with Crippen molar-refractivity contribution in [2.24, 2.45) is 5.92 Å². The van der Waals surface area contributed by atoms with Gasteiger partial charge in [0.1, 0.15) is 17.7 Å². The molecule has 2 amide bonds. The highest BCUT2D eigenvalue weighted by atomic mass is 16.6. The van der Waals surface area contributed by atoms with Gasteiger partial charge in [0.05, 0.1) is 0 Å². The highest BCUT2D eigenvalue weighted by Gasteiger charge is 2.32. The SMILES string of the molecule is C[C@H](NC(=O)C1Cc2ccccc2C1)C(=O)N[C@@H](Cc1c[nH]c2ccccc12)C(=O)OC(C)(C)C. The highest BCUT2D eigenvalue weighted by molar-refractivity contribution is 5.92. The number of nitrogens with one attached hydrogen (secondary N) is 3. The van der Waals surface area contributed by atoms with Gasteiger partial charge in [0.15, 0.2) is 0 Å². The number of rotatable bonds is 7. The lowest BCUT2D eigenvalue weighted by atomic mass is 10.0. The van der Waals surface area contributed by atoms with E-state index >= 15 is 0 Å². The van der Waals surface area contributed by atoms with Crippen LogP contribution in [0.3, 0.4) is 0 Å². The summed E-state index contributed by atoms with van der Waals surface area (Å²) in [6, 6.07) is 14.1.